The lowest BCUT2D eigenvalue weighted by atomic mass is 10.2. The Morgan fingerprint density at radius 3 is 2.28 bits per heavy atom. The predicted molar refractivity (Wildman–Crippen MR) is 70.8 cm³/mol. The van der Waals surface area contributed by atoms with Crippen molar-refractivity contribution < 1.29 is 13.2 Å². The minimum Gasteiger partial charge on any atom is -0.342 e. The highest BCUT2D eigenvalue weighted by atomic mass is 32.2. The molecule has 0 bridgehead atoms. The van der Waals surface area contributed by atoms with Crippen molar-refractivity contribution in [2.24, 2.45) is 0 Å². The number of carbonyl (C=O) groups excluding carboxylic acids is 1. The van der Waals surface area contributed by atoms with Gasteiger partial charge in [0, 0.05) is 26.2 Å². The van der Waals surface area contributed by atoms with E-state index >= 15 is 0 Å². The number of hydrogen-bond acceptors (Lipinski definition) is 4. The molecule has 1 fully saturated rings. The Balaban J connectivity index is 2.12. The van der Waals surface area contributed by atoms with Gasteiger partial charge in [0.1, 0.15) is 0 Å². The van der Waals surface area contributed by atoms with Crippen molar-refractivity contribution in [1.29, 1.82) is 0 Å². The second-order valence-corrected chi connectivity index (χ2v) is 6.47. The molecule has 1 saturated heterocycles. The van der Waals surface area contributed by atoms with Gasteiger partial charge in [-0.25, -0.2) is 13.1 Å². The van der Waals surface area contributed by atoms with Crippen LogP contribution in [-0.2, 0) is 14.8 Å². The standard InChI is InChI=1S/C11H23N3O3S/c1-18(16,17)13-7-6-12-10-11(15)14-8-4-2-3-5-9-14/h12-13H,2-10H2,1H3. The first-order chi connectivity index (χ1) is 8.49. The van der Waals surface area contributed by atoms with Gasteiger partial charge >= 0.3 is 0 Å². The zero-order valence-electron chi connectivity index (χ0n) is 10.9. The first kappa shape index (κ1) is 15.4. The van der Waals surface area contributed by atoms with Crippen molar-refractivity contribution in [3.05, 3.63) is 0 Å². The van der Waals surface area contributed by atoms with Crippen LogP contribution in [-0.4, -0.2) is 58.2 Å². The van der Waals surface area contributed by atoms with E-state index in [0.717, 1.165) is 32.2 Å². The SMILES string of the molecule is CS(=O)(=O)NCCNCC(=O)N1CCCCCC1. The summed E-state index contributed by atoms with van der Waals surface area (Å²) in [4.78, 5) is 13.7. The number of likely N-dealkylation sites (tertiary alicyclic amines) is 1. The van der Waals surface area contributed by atoms with Crippen molar-refractivity contribution in [3.63, 3.8) is 0 Å². The minimum absolute atomic E-state index is 0.108. The maximum absolute atomic E-state index is 11.8. The molecule has 0 aliphatic carbocycles. The van der Waals surface area contributed by atoms with Gasteiger partial charge in [-0.05, 0) is 12.8 Å². The lowest BCUT2D eigenvalue weighted by Crippen LogP contribution is -2.40. The van der Waals surface area contributed by atoms with Crippen molar-refractivity contribution in [2.75, 3.05) is 39.0 Å². The Labute approximate surface area is 109 Å². The van der Waals surface area contributed by atoms with E-state index in [9.17, 15) is 13.2 Å². The van der Waals surface area contributed by atoms with Gasteiger partial charge < -0.3 is 10.2 Å². The van der Waals surface area contributed by atoms with Gasteiger partial charge in [0.15, 0.2) is 0 Å². The number of nitrogens with one attached hydrogen (secondary N) is 2. The quantitative estimate of drug-likeness (QED) is 0.643. The predicted octanol–water partition coefficient (Wildman–Crippen LogP) is -0.472. The maximum atomic E-state index is 11.8. The lowest BCUT2D eigenvalue weighted by molar-refractivity contribution is -0.130. The molecule has 1 aliphatic heterocycles. The fourth-order valence-corrected chi connectivity index (χ4v) is 2.42. The van der Waals surface area contributed by atoms with Gasteiger partial charge in [-0.1, -0.05) is 12.8 Å². The summed E-state index contributed by atoms with van der Waals surface area (Å²) < 4.78 is 24.0. The lowest BCUT2D eigenvalue weighted by Gasteiger charge is -2.20. The third-order valence-electron chi connectivity index (χ3n) is 2.90. The van der Waals surface area contributed by atoms with E-state index < -0.39 is 10.0 Å². The monoisotopic (exact) mass is 277 g/mol. The number of sulfonamides is 1. The molecule has 6 nitrogen and oxygen atoms in total. The zero-order valence-corrected chi connectivity index (χ0v) is 11.8. The Hall–Kier alpha value is -0.660. The van der Waals surface area contributed by atoms with Crippen LogP contribution in [0.1, 0.15) is 25.7 Å². The van der Waals surface area contributed by atoms with Crippen LogP contribution in [0.4, 0.5) is 0 Å². The minimum atomic E-state index is -3.14. The first-order valence-electron chi connectivity index (χ1n) is 6.42. The summed E-state index contributed by atoms with van der Waals surface area (Å²) in [6.45, 7) is 2.76. The maximum Gasteiger partial charge on any atom is 0.236 e. The molecule has 0 aromatic carbocycles. The average molecular weight is 277 g/mol. The molecule has 7 heteroatoms. The molecule has 0 atom stereocenters. The Morgan fingerprint density at radius 2 is 1.72 bits per heavy atom. The third kappa shape index (κ3) is 6.93. The van der Waals surface area contributed by atoms with E-state index in [1.165, 1.54) is 12.8 Å². The van der Waals surface area contributed by atoms with Crippen LogP contribution >= 0.6 is 0 Å². The summed E-state index contributed by atoms with van der Waals surface area (Å²) in [5.41, 5.74) is 0. The number of hydrogen-bond donors (Lipinski definition) is 2. The summed E-state index contributed by atoms with van der Waals surface area (Å²) in [6.07, 6.45) is 5.70. The molecule has 0 spiro atoms. The molecule has 18 heavy (non-hydrogen) atoms. The molecule has 1 amide bonds. The largest absolute Gasteiger partial charge is 0.342 e. The molecular formula is C11H23N3O3S. The van der Waals surface area contributed by atoms with E-state index in [-0.39, 0.29) is 12.5 Å². The van der Waals surface area contributed by atoms with Gasteiger partial charge in [-0.3, -0.25) is 4.79 Å². The highest BCUT2D eigenvalue weighted by Gasteiger charge is 2.14. The van der Waals surface area contributed by atoms with Crippen molar-refractivity contribution in [3.8, 4) is 0 Å². The van der Waals surface area contributed by atoms with Crippen molar-refractivity contribution in [1.82, 2.24) is 14.9 Å². The Morgan fingerprint density at radius 1 is 1.11 bits per heavy atom. The Bertz CT molecular complexity index is 349. The molecule has 0 saturated carbocycles. The Kier molecular flexibility index (Phi) is 6.59. The fourth-order valence-electron chi connectivity index (χ4n) is 1.95. The molecular weight excluding hydrogens is 254 g/mol. The highest BCUT2D eigenvalue weighted by Crippen LogP contribution is 2.09. The molecule has 0 aromatic heterocycles. The smallest absolute Gasteiger partial charge is 0.236 e. The van der Waals surface area contributed by atoms with E-state index in [1.54, 1.807) is 0 Å². The number of rotatable bonds is 6. The van der Waals surface area contributed by atoms with Crippen LogP contribution in [0, 0.1) is 0 Å². The summed E-state index contributed by atoms with van der Waals surface area (Å²) in [7, 11) is -3.14. The second kappa shape index (κ2) is 7.70. The van der Waals surface area contributed by atoms with Gasteiger partial charge in [0.25, 0.3) is 0 Å². The summed E-state index contributed by atoms with van der Waals surface area (Å²) in [6, 6.07) is 0. The van der Waals surface area contributed by atoms with Crippen LogP contribution in [0.15, 0.2) is 0 Å². The van der Waals surface area contributed by atoms with Crippen LogP contribution in [0.3, 0.4) is 0 Å². The van der Waals surface area contributed by atoms with Gasteiger partial charge in [-0.15, -0.1) is 0 Å². The number of nitrogens with zero attached hydrogens (tertiary/aromatic N) is 1. The molecule has 1 heterocycles. The third-order valence-corrected chi connectivity index (χ3v) is 3.63. The summed E-state index contributed by atoms with van der Waals surface area (Å²) in [5, 5.41) is 2.96. The van der Waals surface area contributed by atoms with Crippen LogP contribution in [0.25, 0.3) is 0 Å². The molecule has 106 valence electrons. The second-order valence-electron chi connectivity index (χ2n) is 4.64. The molecule has 0 aromatic rings. The highest BCUT2D eigenvalue weighted by molar-refractivity contribution is 7.88. The summed E-state index contributed by atoms with van der Waals surface area (Å²) in [5.74, 6) is 0.108. The van der Waals surface area contributed by atoms with E-state index in [1.807, 2.05) is 4.90 Å². The van der Waals surface area contributed by atoms with Gasteiger partial charge in [0.2, 0.25) is 15.9 Å². The van der Waals surface area contributed by atoms with Crippen LogP contribution in [0.2, 0.25) is 0 Å². The summed E-state index contributed by atoms with van der Waals surface area (Å²) >= 11 is 0. The first-order valence-corrected chi connectivity index (χ1v) is 8.31. The zero-order chi connectivity index (χ0) is 13.4. The molecule has 1 aliphatic rings. The topological polar surface area (TPSA) is 78.5 Å². The average Bonchev–Trinajstić information content (AvgIpc) is 2.55. The van der Waals surface area contributed by atoms with Crippen LogP contribution < -0.4 is 10.0 Å². The molecule has 1 rings (SSSR count). The van der Waals surface area contributed by atoms with Gasteiger partial charge in [-0.2, -0.15) is 0 Å². The van der Waals surface area contributed by atoms with Crippen molar-refractivity contribution >= 4 is 15.9 Å². The van der Waals surface area contributed by atoms with Crippen LogP contribution in [0.5, 0.6) is 0 Å². The van der Waals surface area contributed by atoms with Crippen molar-refractivity contribution in [2.45, 2.75) is 25.7 Å². The number of carbonyl (C=O) groups is 1. The molecule has 0 radical (unpaired) electrons. The number of amides is 1. The van der Waals surface area contributed by atoms with E-state index in [0.29, 0.717) is 13.1 Å². The van der Waals surface area contributed by atoms with Gasteiger partial charge in [0.05, 0.1) is 12.8 Å². The van der Waals surface area contributed by atoms with E-state index in [4.69, 9.17) is 0 Å². The fraction of sp³-hybridized carbons (Fsp3) is 0.909. The molecule has 2 N–H and O–H groups in total. The normalized spacial score (nSPS) is 17.5. The molecule has 0 unspecified atom stereocenters. The van der Waals surface area contributed by atoms with E-state index in [2.05, 4.69) is 10.0 Å².